The van der Waals surface area contributed by atoms with Gasteiger partial charge in [-0.05, 0) is 0 Å². The minimum Gasteiger partial charge on any atom is -0.623 e. The van der Waals surface area contributed by atoms with Crippen LogP contribution in [-0.2, 0) is 9.53 Å². The molecule has 13 heavy (non-hydrogen) atoms. The number of methoxy groups -OCH3 is 1. The van der Waals surface area contributed by atoms with E-state index in [0.717, 1.165) is 4.74 Å². The van der Waals surface area contributed by atoms with Crippen molar-refractivity contribution >= 4 is 12.2 Å². The largest absolute Gasteiger partial charge is 0.623 e. The van der Waals surface area contributed by atoms with Crippen LogP contribution in [0.2, 0.25) is 0 Å². The Morgan fingerprint density at radius 3 is 2.38 bits per heavy atom. The molecule has 0 saturated heterocycles. The lowest BCUT2D eigenvalue weighted by atomic mass is 10.1. The van der Waals surface area contributed by atoms with E-state index in [0.29, 0.717) is 0 Å². The van der Waals surface area contributed by atoms with Crippen molar-refractivity contribution in [1.82, 2.24) is 0 Å². The van der Waals surface area contributed by atoms with Gasteiger partial charge in [-0.2, -0.15) is 0 Å². The van der Waals surface area contributed by atoms with Crippen molar-refractivity contribution in [3.8, 4) is 0 Å². The Morgan fingerprint density at radius 2 is 2.00 bits per heavy atom. The lowest BCUT2D eigenvalue weighted by molar-refractivity contribution is -0.530. The highest BCUT2D eigenvalue weighted by atomic mass is 16.5. The van der Waals surface area contributed by atoms with Gasteiger partial charge in [-0.1, -0.05) is 0 Å². The number of allylic oxidation sites excluding steroid dienone is 1. The number of hydrogen-bond donors (Lipinski definition) is 0. The monoisotopic (exact) mass is 185 g/mol. The molecule has 0 atom stereocenters. The second-order valence-corrected chi connectivity index (χ2v) is 3.53. The molecule has 0 bridgehead atoms. The van der Waals surface area contributed by atoms with Crippen molar-refractivity contribution in [2.45, 2.75) is 26.3 Å². The first-order valence-corrected chi connectivity index (χ1v) is 3.94. The molecule has 0 rings (SSSR count). The summed E-state index contributed by atoms with van der Waals surface area (Å²) in [6.07, 6.45) is 3.84. The van der Waals surface area contributed by atoms with Crippen molar-refractivity contribution < 1.29 is 14.3 Å². The molecule has 0 N–H and O–H groups in total. The van der Waals surface area contributed by atoms with Gasteiger partial charge in [0, 0.05) is 32.9 Å². The number of carbonyl (C=O) groups excluding carboxylic acids is 1. The minimum absolute atomic E-state index is 0.474. The zero-order valence-electron chi connectivity index (χ0n) is 8.40. The van der Waals surface area contributed by atoms with Crippen LogP contribution in [0.25, 0.3) is 0 Å². The molecular formula is C9H15NO3. The molecule has 0 radical (unpaired) electrons. The average Bonchev–Trinajstić information content (AvgIpc) is 2.02. The van der Waals surface area contributed by atoms with Crippen LogP contribution in [0.15, 0.2) is 12.2 Å². The molecule has 4 heteroatoms. The molecule has 0 aromatic rings. The van der Waals surface area contributed by atoms with E-state index in [2.05, 4.69) is 4.74 Å². The van der Waals surface area contributed by atoms with Crippen molar-refractivity contribution in [3.05, 3.63) is 17.4 Å². The lowest BCUT2D eigenvalue weighted by Crippen LogP contribution is -2.28. The number of ether oxygens (including phenoxy) is 1. The standard InChI is InChI=1S/C9H15NO3/c1-9(2,3)10(12)7-5-6-8(11)13-4/h5-7H,1-4H3. The SMILES string of the molecule is COC(=O)C=CC=[N+]([O-])C(C)(C)C. The molecule has 0 aliphatic heterocycles. The fourth-order valence-electron chi connectivity index (χ4n) is 0.491. The van der Waals surface area contributed by atoms with Crippen molar-refractivity contribution in [3.63, 3.8) is 0 Å². The Balaban J connectivity index is 4.28. The van der Waals surface area contributed by atoms with Gasteiger partial charge in [0.2, 0.25) is 0 Å². The van der Waals surface area contributed by atoms with Crippen molar-refractivity contribution in [1.29, 1.82) is 0 Å². The number of hydroxylamine groups is 1. The minimum atomic E-state index is -0.486. The van der Waals surface area contributed by atoms with Gasteiger partial charge in [-0.3, -0.25) is 0 Å². The van der Waals surface area contributed by atoms with Gasteiger partial charge in [-0.15, -0.1) is 0 Å². The molecule has 0 unspecified atom stereocenters. The summed E-state index contributed by atoms with van der Waals surface area (Å²) in [7, 11) is 1.28. The van der Waals surface area contributed by atoms with E-state index in [1.165, 1.54) is 25.5 Å². The molecule has 74 valence electrons. The van der Waals surface area contributed by atoms with Crippen LogP contribution in [0.1, 0.15) is 20.8 Å². The maximum absolute atomic E-state index is 11.2. The Kier molecular flexibility index (Phi) is 4.17. The first-order chi connectivity index (χ1) is 5.88. The van der Waals surface area contributed by atoms with Crippen LogP contribution >= 0.6 is 0 Å². The summed E-state index contributed by atoms with van der Waals surface area (Å²) in [4.78, 5) is 10.6. The molecule has 0 aliphatic rings. The first kappa shape index (κ1) is 11.7. The van der Waals surface area contributed by atoms with Gasteiger partial charge in [0.25, 0.3) is 0 Å². The van der Waals surface area contributed by atoms with E-state index < -0.39 is 11.5 Å². The van der Waals surface area contributed by atoms with E-state index in [-0.39, 0.29) is 0 Å². The number of esters is 1. The van der Waals surface area contributed by atoms with Gasteiger partial charge in [-0.25, -0.2) is 9.53 Å². The quantitative estimate of drug-likeness (QED) is 0.162. The first-order valence-electron chi connectivity index (χ1n) is 3.94. The fourth-order valence-corrected chi connectivity index (χ4v) is 0.491. The summed E-state index contributed by atoms with van der Waals surface area (Å²) in [5.74, 6) is -0.474. The van der Waals surface area contributed by atoms with Crippen LogP contribution in [-0.4, -0.2) is 29.6 Å². The molecule has 0 saturated carbocycles. The van der Waals surface area contributed by atoms with E-state index >= 15 is 0 Å². The highest BCUT2D eigenvalue weighted by Gasteiger charge is 2.16. The van der Waals surface area contributed by atoms with Gasteiger partial charge in [0.15, 0.2) is 11.8 Å². The van der Waals surface area contributed by atoms with Gasteiger partial charge in [0.05, 0.1) is 7.11 Å². The molecule has 0 aromatic heterocycles. The molecule has 0 aromatic carbocycles. The van der Waals surface area contributed by atoms with Crippen LogP contribution < -0.4 is 0 Å². The molecule has 0 spiro atoms. The maximum Gasteiger partial charge on any atom is 0.330 e. The highest BCUT2D eigenvalue weighted by Crippen LogP contribution is 2.03. The number of carbonyl (C=O) groups is 1. The molecule has 0 amide bonds. The summed E-state index contributed by atoms with van der Waals surface area (Å²) in [6, 6.07) is 0. The predicted octanol–water partition coefficient (Wildman–Crippen LogP) is 1.10. The predicted molar refractivity (Wildman–Crippen MR) is 50.6 cm³/mol. The smallest absolute Gasteiger partial charge is 0.330 e. The average molecular weight is 185 g/mol. The Hall–Kier alpha value is -1.32. The van der Waals surface area contributed by atoms with E-state index in [1.807, 2.05) is 0 Å². The summed E-state index contributed by atoms with van der Waals surface area (Å²) >= 11 is 0. The molecular weight excluding hydrogens is 170 g/mol. The van der Waals surface area contributed by atoms with Crippen LogP contribution in [0.5, 0.6) is 0 Å². The third-order valence-corrected chi connectivity index (χ3v) is 1.32. The third kappa shape index (κ3) is 5.00. The topological polar surface area (TPSA) is 52.4 Å². The zero-order valence-corrected chi connectivity index (χ0v) is 8.40. The molecule has 4 nitrogen and oxygen atoms in total. The van der Waals surface area contributed by atoms with Gasteiger partial charge < -0.3 is 9.94 Å². The van der Waals surface area contributed by atoms with Gasteiger partial charge in [0.1, 0.15) is 0 Å². The van der Waals surface area contributed by atoms with E-state index in [1.54, 1.807) is 20.8 Å². The second-order valence-electron chi connectivity index (χ2n) is 3.53. The maximum atomic E-state index is 11.2. The summed E-state index contributed by atoms with van der Waals surface area (Å²) in [6.45, 7) is 5.34. The Labute approximate surface area is 78.1 Å². The molecule has 0 fully saturated rings. The zero-order chi connectivity index (χ0) is 10.5. The van der Waals surface area contributed by atoms with Crippen LogP contribution in [0.3, 0.4) is 0 Å². The van der Waals surface area contributed by atoms with Gasteiger partial charge >= 0.3 is 5.97 Å². The second kappa shape index (κ2) is 4.64. The fraction of sp³-hybridized carbons (Fsp3) is 0.556. The highest BCUT2D eigenvalue weighted by molar-refractivity contribution is 5.86. The number of rotatable bonds is 2. The number of nitrogens with zero attached hydrogens (tertiary/aromatic N) is 1. The van der Waals surface area contributed by atoms with Crippen molar-refractivity contribution in [2.75, 3.05) is 7.11 Å². The molecule has 0 aliphatic carbocycles. The van der Waals surface area contributed by atoms with Crippen molar-refractivity contribution in [2.24, 2.45) is 0 Å². The molecule has 0 heterocycles. The van der Waals surface area contributed by atoms with E-state index in [9.17, 15) is 10.0 Å². The van der Waals surface area contributed by atoms with E-state index in [4.69, 9.17) is 0 Å². The number of hydrogen-bond acceptors (Lipinski definition) is 3. The third-order valence-electron chi connectivity index (χ3n) is 1.32. The summed E-state index contributed by atoms with van der Waals surface area (Å²) < 4.78 is 5.12. The Bertz CT molecular complexity index is 236. The summed E-state index contributed by atoms with van der Waals surface area (Å²) in [5, 5.41) is 11.2. The van der Waals surface area contributed by atoms with Crippen LogP contribution in [0.4, 0.5) is 0 Å². The summed E-state index contributed by atoms with van der Waals surface area (Å²) in [5.41, 5.74) is -0.486. The van der Waals surface area contributed by atoms with Crippen LogP contribution in [0, 0.1) is 5.21 Å². The Morgan fingerprint density at radius 1 is 1.46 bits per heavy atom. The normalized spacial score (nSPS) is 13.4. The lowest BCUT2D eigenvalue weighted by Gasteiger charge is -2.17.